The van der Waals surface area contributed by atoms with Crippen LogP contribution in [0.2, 0.25) is 10.0 Å². The average Bonchev–Trinajstić information content (AvgIpc) is 3.02. The number of esters is 1. The predicted octanol–water partition coefficient (Wildman–Crippen LogP) is 2.95. The van der Waals surface area contributed by atoms with E-state index in [4.69, 9.17) is 23.2 Å². The standard InChI is InChI=1S/C15H13Cl2N3O4S/c1-20(6-12(21)24-2)14(23)11-7-25-15(18-11)19-13(22)9-4-3-8(16)5-10(9)17/h3-5,7H,6H2,1-2H3,(H,18,19,22). The van der Waals surface area contributed by atoms with Gasteiger partial charge in [-0.1, -0.05) is 23.2 Å². The van der Waals surface area contributed by atoms with Gasteiger partial charge in [-0.05, 0) is 18.2 Å². The number of ether oxygens (including phenoxy) is 1. The Morgan fingerprint density at radius 2 is 2.04 bits per heavy atom. The second-order valence-electron chi connectivity index (χ2n) is 4.85. The SMILES string of the molecule is COC(=O)CN(C)C(=O)c1csc(NC(=O)c2ccc(Cl)cc2Cl)n1. The van der Waals surface area contributed by atoms with Crippen molar-refractivity contribution in [1.29, 1.82) is 0 Å². The van der Waals surface area contributed by atoms with Crippen LogP contribution < -0.4 is 5.32 Å². The van der Waals surface area contributed by atoms with E-state index in [1.54, 1.807) is 6.07 Å². The number of carbonyl (C=O) groups is 3. The Balaban J connectivity index is 2.07. The van der Waals surface area contributed by atoms with Gasteiger partial charge in [-0.3, -0.25) is 19.7 Å². The van der Waals surface area contributed by atoms with Gasteiger partial charge in [0, 0.05) is 17.5 Å². The molecule has 1 heterocycles. The first-order chi connectivity index (χ1) is 11.8. The van der Waals surface area contributed by atoms with Crippen LogP contribution in [-0.4, -0.2) is 48.4 Å². The van der Waals surface area contributed by atoms with Gasteiger partial charge in [0.15, 0.2) is 5.13 Å². The maximum Gasteiger partial charge on any atom is 0.325 e. The van der Waals surface area contributed by atoms with E-state index in [0.717, 1.165) is 11.3 Å². The fourth-order valence-electron chi connectivity index (χ4n) is 1.79. The van der Waals surface area contributed by atoms with E-state index < -0.39 is 17.8 Å². The molecule has 132 valence electrons. The molecule has 0 bridgehead atoms. The Bertz CT molecular complexity index is 825. The van der Waals surface area contributed by atoms with E-state index in [-0.39, 0.29) is 28.0 Å². The van der Waals surface area contributed by atoms with Crippen molar-refractivity contribution in [3.05, 3.63) is 44.9 Å². The van der Waals surface area contributed by atoms with Crippen LogP contribution in [0.3, 0.4) is 0 Å². The molecule has 2 rings (SSSR count). The minimum Gasteiger partial charge on any atom is -0.468 e. The van der Waals surface area contributed by atoms with Crippen LogP contribution in [0.1, 0.15) is 20.8 Å². The highest BCUT2D eigenvalue weighted by atomic mass is 35.5. The van der Waals surface area contributed by atoms with Crippen LogP contribution in [0.4, 0.5) is 5.13 Å². The summed E-state index contributed by atoms with van der Waals surface area (Å²) in [7, 11) is 2.68. The second kappa shape index (κ2) is 8.28. The van der Waals surface area contributed by atoms with Crippen LogP contribution >= 0.6 is 34.5 Å². The number of benzene rings is 1. The molecule has 7 nitrogen and oxygen atoms in total. The Kier molecular flexibility index (Phi) is 6.35. The molecule has 0 saturated carbocycles. The normalized spacial score (nSPS) is 10.2. The first-order valence-electron chi connectivity index (χ1n) is 6.86. The second-order valence-corrected chi connectivity index (χ2v) is 6.56. The molecule has 2 aromatic rings. The number of halogens is 2. The Morgan fingerprint density at radius 3 is 2.68 bits per heavy atom. The zero-order chi connectivity index (χ0) is 18.6. The van der Waals surface area contributed by atoms with Crippen molar-refractivity contribution in [3.63, 3.8) is 0 Å². The minimum atomic E-state index is -0.544. The van der Waals surface area contributed by atoms with Gasteiger partial charge in [-0.25, -0.2) is 4.98 Å². The van der Waals surface area contributed by atoms with Gasteiger partial charge in [-0.2, -0.15) is 0 Å². The third-order valence-electron chi connectivity index (χ3n) is 3.06. The van der Waals surface area contributed by atoms with Crippen molar-refractivity contribution in [2.75, 3.05) is 26.0 Å². The summed E-state index contributed by atoms with van der Waals surface area (Å²) in [5, 5.41) is 4.89. The molecule has 0 unspecified atom stereocenters. The van der Waals surface area contributed by atoms with Crippen molar-refractivity contribution < 1.29 is 19.1 Å². The van der Waals surface area contributed by atoms with E-state index >= 15 is 0 Å². The summed E-state index contributed by atoms with van der Waals surface area (Å²) in [6.45, 7) is -0.199. The summed E-state index contributed by atoms with van der Waals surface area (Å²) in [5.74, 6) is -1.48. The highest BCUT2D eigenvalue weighted by Crippen LogP contribution is 2.23. The van der Waals surface area contributed by atoms with Gasteiger partial charge in [0.05, 0.1) is 17.7 Å². The lowest BCUT2D eigenvalue weighted by atomic mass is 10.2. The number of hydrogen-bond donors (Lipinski definition) is 1. The van der Waals surface area contributed by atoms with Crippen molar-refractivity contribution in [2.45, 2.75) is 0 Å². The minimum absolute atomic E-state index is 0.105. The summed E-state index contributed by atoms with van der Waals surface area (Å²) in [6, 6.07) is 4.49. The lowest BCUT2D eigenvalue weighted by Crippen LogP contribution is -2.32. The van der Waals surface area contributed by atoms with E-state index in [1.807, 2.05) is 0 Å². The summed E-state index contributed by atoms with van der Waals surface area (Å²) in [5.41, 5.74) is 0.339. The van der Waals surface area contributed by atoms with Crippen molar-refractivity contribution in [3.8, 4) is 0 Å². The monoisotopic (exact) mass is 401 g/mol. The molecule has 2 amide bonds. The molecule has 10 heteroatoms. The Hall–Kier alpha value is -2.16. The summed E-state index contributed by atoms with van der Waals surface area (Å²) in [6.07, 6.45) is 0. The summed E-state index contributed by atoms with van der Waals surface area (Å²) >= 11 is 12.9. The molecule has 1 aromatic heterocycles. The molecule has 0 spiro atoms. The molecule has 0 aliphatic heterocycles. The average molecular weight is 402 g/mol. The van der Waals surface area contributed by atoms with Crippen molar-refractivity contribution in [1.82, 2.24) is 9.88 Å². The van der Waals surface area contributed by atoms with Gasteiger partial charge in [0.1, 0.15) is 12.2 Å². The maximum atomic E-state index is 12.2. The first kappa shape index (κ1) is 19.2. The fourth-order valence-corrected chi connectivity index (χ4v) is 2.97. The molecule has 0 atom stereocenters. The number of aromatic nitrogens is 1. The quantitative estimate of drug-likeness (QED) is 0.777. The summed E-state index contributed by atoms with van der Waals surface area (Å²) < 4.78 is 4.50. The number of nitrogens with one attached hydrogen (secondary N) is 1. The number of rotatable bonds is 5. The van der Waals surface area contributed by atoms with Crippen LogP contribution in [0.25, 0.3) is 0 Å². The van der Waals surface area contributed by atoms with Crippen molar-refractivity contribution in [2.24, 2.45) is 0 Å². The van der Waals surface area contributed by atoms with Gasteiger partial charge < -0.3 is 9.64 Å². The molecule has 0 fully saturated rings. The highest BCUT2D eigenvalue weighted by molar-refractivity contribution is 7.14. The number of anilines is 1. The zero-order valence-electron chi connectivity index (χ0n) is 13.2. The van der Waals surface area contributed by atoms with Crippen LogP contribution in [-0.2, 0) is 9.53 Å². The molecular weight excluding hydrogens is 389 g/mol. The van der Waals surface area contributed by atoms with E-state index in [9.17, 15) is 14.4 Å². The van der Waals surface area contributed by atoms with Gasteiger partial charge in [-0.15, -0.1) is 11.3 Å². The molecular formula is C15H13Cl2N3O4S. The number of amides is 2. The van der Waals surface area contributed by atoms with Crippen LogP contribution in [0, 0.1) is 0 Å². The largest absolute Gasteiger partial charge is 0.468 e. The van der Waals surface area contributed by atoms with E-state index in [2.05, 4.69) is 15.0 Å². The molecule has 1 N–H and O–H groups in total. The Morgan fingerprint density at radius 1 is 1.32 bits per heavy atom. The van der Waals surface area contributed by atoms with Crippen LogP contribution in [0.15, 0.2) is 23.6 Å². The zero-order valence-corrected chi connectivity index (χ0v) is 15.5. The van der Waals surface area contributed by atoms with E-state index in [0.29, 0.717) is 5.02 Å². The lowest BCUT2D eigenvalue weighted by Gasteiger charge is -2.13. The number of methoxy groups -OCH3 is 1. The summed E-state index contributed by atoms with van der Waals surface area (Å²) in [4.78, 5) is 40.8. The van der Waals surface area contributed by atoms with E-state index in [1.165, 1.54) is 36.6 Å². The van der Waals surface area contributed by atoms with Crippen molar-refractivity contribution >= 4 is 57.5 Å². The molecule has 25 heavy (non-hydrogen) atoms. The molecule has 1 aromatic carbocycles. The highest BCUT2D eigenvalue weighted by Gasteiger charge is 2.19. The fraction of sp³-hybridized carbons (Fsp3) is 0.200. The van der Waals surface area contributed by atoms with Crippen LogP contribution in [0.5, 0.6) is 0 Å². The first-order valence-corrected chi connectivity index (χ1v) is 8.49. The third-order valence-corrected chi connectivity index (χ3v) is 4.37. The number of likely N-dealkylation sites (N-methyl/N-ethyl adjacent to an activating group) is 1. The van der Waals surface area contributed by atoms with Gasteiger partial charge in [0.25, 0.3) is 11.8 Å². The molecule has 0 aliphatic rings. The third kappa shape index (κ3) is 4.91. The lowest BCUT2D eigenvalue weighted by molar-refractivity contribution is -0.141. The molecule has 0 saturated heterocycles. The predicted molar refractivity (Wildman–Crippen MR) is 95.5 cm³/mol. The topological polar surface area (TPSA) is 88.6 Å². The van der Waals surface area contributed by atoms with Gasteiger partial charge >= 0.3 is 5.97 Å². The molecule has 0 aliphatic carbocycles. The number of thiazole rings is 1. The smallest absolute Gasteiger partial charge is 0.325 e. The van der Waals surface area contributed by atoms with Gasteiger partial charge in [0.2, 0.25) is 0 Å². The number of hydrogen-bond acceptors (Lipinski definition) is 6. The maximum absolute atomic E-state index is 12.2. The Labute approximate surface area is 157 Å². The molecule has 0 radical (unpaired) electrons. The number of nitrogens with zero attached hydrogens (tertiary/aromatic N) is 2. The number of carbonyl (C=O) groups excluding carboxylic acids is 3.